The molecule has 0 spiro atoms. The van der Waals surface area contributed by atoms with Crippen molar-refractivity contribution in [1.29, 1.82) is 0 Å². The van der Waals surface area contributed by atoms with E-state index in [0.29, 0.717) is 13.3 Å². The van der Waals surface area contributed by atoms with Crippen LogP contribution in [0.4, 0.5) is 0 Å². The Morgan fingerprint density at radius 3 is 2.78 bits per heavy atom. The molecule has 1 unspecified atom stereocenters. The topological polar surface area (TPSA) is 71.0 Å². The first-order valence-electron chi connectivity index (χ1n) is 6.09. The van der Waals surface area contributed by atoms with Gasteiger partial charge in [0.05, 0.1) is 12.7 Å². The molecule has 0 aromatic heterocycles. The van der Waals surface area contributed by atoms with Crippen molar-refractivity contribution in [3.05, 3.63) is 23.3 Å². The number of aliphatic hydroxyl groups is 2. The molecule has 0 amide bonds. The molecule has 0 bridgehead atoms. The Balaban J connectivity index is 1.86. The highest BCUT2D eigenvalue weighted by Gasteiger charge is 2.15. The van der Waals surface area contributed by atoms with Crippen LogP contribution in [0.15, 0.2) is 12.1 Å². The first-order valence-corrected chi connectivity index (χ1v) is 6.09. The second-order valence-electron chi connectivity index (χ2n) is 4.42. The maximum absolute atomic E-state index is 9.19. The minimum atomic E-state index is -0.692. The molecule has 0 aliphatic carbocycles. The fraction of sp³-hybridized carbons (Fsp3) is 0.538. The second kappa shape index (κ2) is 6.04. The largest absolute Gasteiger partial charge is 0.454 e. The summed E-state index contributed by atoms with van der Waals surface area (Å²) in [6.07, 6.45) is 0.156. The number of aryl methyl sites for hydroxylation is 1. The Labute approximate surface area is 106 Å². The lowest BCUT2D eigenvalue weighted by Gasteiger charge is -2.10. The van der Waals surface area contributed by atoms with Gasteiger partial charge in [0.25, 0.3) is 0 Å². The molecule has 0 fully saturated rings. The third kappa shape index (κ3) is 3.13. The summed E-state index contributed by atoms with van der Waals surface area (Å²) in [5, 5.41) is 21.0. The SMILES string of the molecule is Cc1cc2c(cc1CCNCC(O)CO)OCO2. The quantitative estimate of drug-likeness (QED) is 0.632. The Bertz CT molecular complexity index is 408. The molecule has 1 aliphatic heterocycles. The zero-order valence-corrected chi connectivity index (χ0v) is 10.5. The summed E-state index contributed by atoms with van der Waals surface area (Å²) in [6.45, 7) is 3.27. The molecular weight excluding hydrogens is 234 g/mol. The van der Waals surface area contributed by atoms with E-state index < -0.39 is 6.10 Å². The molecule has 0 saturated heterocycles. The van der Waals surface area contributed by atoms with Crippen LogP contribution in [0.3, 0.4) is 0 Å². The van der Waals surface area contributed by atoms with Gasteiger partial charge in [-0.2, -0.15) is 0 Å². The van der Waals surface area contributed by atoms with Crippen molar-refractivity contribution in [3.63, 3.8) is 0 Å². The van der Waals surface area contributed by atoms with Gasteiger partial charge in [-0.25, -0.2) is 0 Å². The zero-order chi connectivity index (χ0) is 13.0. The molecule has 1 aromatic rings. The van der Waals surface area contributed by atoms with Crippen LogP contribution >= 0.6 is 0 Å². The van der Waals surface area contributed by atoms with Crippen molar-refractivity contribution in [2.45, 2.75) is 19.4 Å². The molecule has 0 radical (unpaired) electrons. The highest BCUT2D eigenvalue weighted by molar-refractivity contribution is 5.48. The predicted octanol–water partition coefficient (Wildman–Crippen LogP) is 0.209. The number of hydrogen-bond acceptors (Lipinski definition) is 5. The van der Waals surface area contributed by atoms with Crippen molar-refractivity contribution >= 4 is 0 Å². The number of rotatable bonds is 6. The van der Waals surface area contributed by atoms with Crippen molar-refractivity contribution in [2.75, 3.05) is 26.5 Å². The number of ether oxygens (including phenoxy) is 2. The van der Waals surface area contributed by atoms with Gasteiger partial charge in [-0.15, -0.1) is 0 Å². The average Bonchev–Trinajstić information content (AvgIpc) is 2.81. The van der Waals surface area contributed by atoms with Crippen molar-refractivity contribution in [1.82, 2.24) is 5.32 Å². The van der Waals surface area contributed by atoms with E-state index >= 15 is 0 Å². The fourth-order valence-corrected chi connectivity index (χ4v) is 1.91. The van der Waals surface area contributed by atoms with Crippen LogP contribution < -0.4 is 14.8 Å². The summed E-state index contributed by atoms with van der Waals surface area (Å²) in [7, 11) is 0. The standard InChI is InChI=1S/C13H19NO4/c1-9-4-12-13(18-8-17-12)5-10(9)2-3-14-6-11(16)7-15/h4-5,11,14-16H,2-3,6-8H2,1H3. The van der Waals surface area contributed by atoms with Gasteiger partial charge in [0, 0.05) is 6.54 Å². The van der Waals surface area contributed by atoms with Gasteiger partial charge < -0.3 is 25.0 Å². The first kappa shape index (κ1) is 13.1. The van der Waals surface area contributed by atoms with Crippen LogP contribution in [0.2, 0.25) is 0 Å². The maximum atomic E-state index is 9.19. The van der Waals surface area contributed by atoms with Crippen molar-refractivity contribution in [2.24, 2.45) is 0 Å². The molecule has 2 rings (SSSR count). The van der Waals surface area contributed by atoms with Gasteiger partial charge in [-0.1, -0.05) is 0 Å². The van der Waals surface area contributed by atoms with E-state index in [4.69, 9.17) is 14.6 Å². The van der Waals surface area contributed by atoms with Gasteiger partial charge in [-0.05, 0) is 43.1 Å². The third-order valence-electron chi connectivity index (χ3n) is 2.99. The van der Waals surface area contributed by atoms with Crippen molar-refractivity contribution < 1.29 is 19.7 Å². The molecule has 3 N–H and O–H groups in total. The Morgan fingerprint density at radius 2 is 2.06 bits per heavy atom. The minimum Gasteiger partial charge on any atom is -0.454 e. The predicted molar refractivity (Wildman–Crippen MR) is 67.0 cm³/mol. The fourth-order valence-electron chi connectivity index (χ4n) is 1.91. The molecular formula is C13H19NO4. The summed E-state index contributed by atoms with van der Waals surface area (Å²) in [5.41, 5.74) is 2.37. The van der Waals surface area contributed by atoms with Crippen LogP contribution in [0.25, 0.3) is 0 Å². The summed E-state index contributed by atoms with van der Waals surface area (Å²) in [6, 6.07) is 3.99. The first-order chi connectivity index (χ1) is 8.70. The number of benzene rings is 1. The van der Waals surface area contributed by atoms with E-state index in [-0.39, 0.29) is 6.61 Å². The third-order valence-corrected chi connectivity index (χ3v) is 2.99. The number of fused-ring (bicyclic) bond motifs is 1. The summed E-state index contributed by atoms with van der Waals surface area (Å²) in [5.74, 6) is 1.60. The molecule has 5 heteroatoms. The molecule has 100 valence electrons. The van der Waals surface area contributed by atoms with E-state index in [0.717, 1.165) is 24.5 Å². The van der Waals surface area contributed by atoms with Crippen LogP contribution in [0, 0.1) is 6.92 Å². The van der Waals surface area contributed by atoms with E-state index in [1.54, 1.807) is 0 Å². The summed E-state index contributed by atoms with van der Waals surface area (Å²) >= 11 is 0. The number of aliphatic hydroxyl groups excluding tert-OH is 2. The smallest absolute Gasteiger partial charge is 0.231 e. The van der Waals surface area contributed by atoms with Gasteiger partial charge in [-0.3, -0.25) is 0 Å². The highest BCUT2D eigenvalue weighted by atomic mass is 16.7. The highest BCUT2D eigenvalue weighted by Crippen LogP contribution is 2.34. The molecule has 1 atom stereocenters. The second-order valence-corrected chi connectivity index (χ2v) is 4.42. The molecule has 1 heterocycles. The molecule has 5 nitrogen and oxygen atoms in total. The van der Waals surface area contributed by atoms with E-state index in [9.17, 15) is 5.11 Å². The normalized spacial score (nSPS) is 14.8. The van der Waals surface area contributed by atoms with E-state index in [1.165, 1.54) is 11.1 Å². The van der Waals surface area contributed by atoms with Gasteiger partial charge in [0.1, 0.15) is 0 Å². The lowest BCUT2D eigenvalue weighted by Crippen LogP contribution is -2.30. The van der Waals surface area contributed by atoms with Gasteiger partial charge in [0.15, 0.2) is 11.5 Å². The molecule has 1 aliphatic rings. The molecule has 0 saturated carbocycles. The lowest BCUT2D eigenvalue weighted by atomic mass is 10.0. The maximum Gasteiger partial charge on any atom is 0.231 e. The Kier molecular flexibility index (Phi) is 4.41. The summed E-state index contributed by atoms with van der Waals surface area (Å²) < 4.78 is 10.6. The number of nitrogens with one attached hydrogen (secondary N) is 1. The van der Waals surface area contributed by atoms with Crippen LogP contribution in [-0.4, -0.2) is 42.8 Å². The van der Waals surface area contributed by atoms with E-state index in [2.05, 4.69) is 5.32 Å². The van der Waals surface area contributed by atoms with Crippen LogP contribution in [0.1, 0.15) is 11.1 Å². The van der Waals surface area contributed by atoms with Crippen molar-refractivity contribution in [3.8, 4) is 11.5 Å². The Morgan fingerprint density at radius 1 is 1.33 bits per heavy atom. The number of hydrogen-bond donors (Lipinski definition) is 3. The average molecular weight is 253 g/mol. The molecule has 1 aromatic carbocycles. The van der Waals surface area contributed by atoms with E-state index in [1.807, 2.05) is 19.1 Å². The Hall–Kier alpha value is -1.30. The van der Waals surface area contributed by atoms with Gasteiger partial charge in [0.2, 0.25) is 6.79 Å². The zero-order valence-electron chi connectivity index (χ0n) is 10.5. The monoisotopic (exact) mass is 253 g/mol. The van der Waals surface area contributed by atoms with Gasteiger partial charge >= 0.3 is 0 Å². The lowest BCUT2D eigenvalue weighted by molar-refractivity contribution is 0.0947. The summed E-state index contributed by atoms with van der Waals surface area (Å²) in [4.78, 5) is 0. The minimum absolute atomic E-state index is 0.212. The molecule has 18 heavy (non-hydrogen) atoms. The van der Waals surface area contributed by atoms with Crippen LogP contribution in [-0.2, 0) is 6.42 Å². The van der Waals surface area contributed by atoms with Crippen LogP contribution in [0.5, 0.6) is 11.5 Å².